The van der Waals surface area contributed by atoms with Crippen LogP contribution < -0.4 is 0 Å². The Morgan fingerprint density at radius 1 is 1.04 bits per heavy atom. The summed E-state index contributed by atoms with van der Waals surface area (Å²) in [5.74, 6) is -0.243. The number of hydrogen-bond acceptors (Lipinski definition) is 4. The molecule has 0 aromatic heterocycles. The van der Waals surface area contributed by atoms with Gasteiger partial charge in [0.15, 0.2) is 0 Å². The molecule has 0 radical (unpaired) electrons. The minimum Gasteiger partial charge on any atom is -0.390 e. The SMILES string of the molecule is C/C1=C\CC[C@@](C)(O)[C@@H]2CC[C@](C)(O)[C@H]2/C=C(/C(C)C)[C@@H](O)[C@@H]1O. The smallest absolute Gasteiger partial charge is 0.105 e. The molecule has 4 heteroatoms. The van der Waals surface area contributed by atoms with Crippen LogP contribution in [0.2, 0.25) is 0 Å². The normalized spacial score (nSPS) is 48.9. The molecule has 4 N–H and O–H groups in total. The first-order chi connectivity index (χ1) is 11.0. The summed E-state index contributed by atoms with van der Waals surface area (Å²) in [5, 5.41) is 43.1. The Morgan fingerprint density at radius 3 is 2.25 bits per heavy atom. The summed E-state index contributed by atoms with van der Waals surface area (Å²) in [6.07, 6.45) is 4.52. The molecule has 6 atom stereocenters. The van der Waals surface area contributed by atoms with Crippen molar-refractivity contribution in [2.24, 2.45) is 17.8 Å². The molecule has 0 saturated heterocycles. The summed E-state index contributed by atoms with van der Waals surface area (Å²) in [7, 11) is 0. The summed E-state index contributed by atoms with van der Waals surface area (Å²) >= 11 is 0. The van der Waals surface area contributed by atoms with Crippen molar-refractivity contribution in [2.75, 3.05) is 0 Å². The zero-order valence-electron chi connectivity index (χ0n) is 15.7. The van der Waals surface area contributed by atoms with Gasteiger partial charge in [-0.2, -0.15) is 0 Å². The lowest BCUT2D eigenvalue weighted by Gasteiger charge is -2.37. The molecule has 24 heavy (non-hydrogen) atoms. The lowest BCUT2D eigenvalue weighted by Crippen LogP contribution is -2.42. The molecule has 0 spiro atoms. The van der Waals surface area contributed by atoms with E-state index >= 15 is 0 Å². The number of rotatable bonds is 1. The van der Waals surface area contributed by atoms with E-state index in [1.54, 1.807) is 0 Å². The minimum absolute atomic E-state index is 0.0465. The van der Waals surface area contributed by atoms with Gasteiger partial charge in [-0.1, -0.05) is 26.0 Å². The van der Waals surface area contributed by atoms with Crippen LogP contribution >= 0.6 is 0 Å². The van der Waals surface area contributed by atoms with Crippen LogP contribution in [0.1, 0.15) is 60.3 Å². The molecule has 0 aromatic rings. The van der Waals surface area contributed by atoms with Crippen LogP contribution in [0.5, 0.6) is 0 Å². The van der Waals surface area contributed by atoms with Crippen LogP contribution in [-0.2, 0) is 0 Å². The number of aliphatic hydroxyl groups excluding tert-OH is 2. The van der Waals surface area contributed by atoms with E-state index in [-0.39, 0.29) is 17.8 Å². The predicted molar refractivity (Wildman–Crippen MR) is 95.4 cm³/mol. The molecule has 1 fully saturated rings. The third kappa shape index (κ3) is 3.77. The largest absolute Gasteiger partial charge is 0.390 e. The van der Waals surface area contributed by atoms with Gasteiger partial charge < -0.3 is 20.4 Å². The zero-order valence-corrected chi connectivity index (χ0v) is 15.7. The van der Waals surface area contributed by atoms with Gasteiger partial charge in [0, 0.05) is 5.92 Å². The second-order valence-corrected chi connectivity index (χ2v) is 8.58. The molecule has 0 unspecified atom stereocenters. The molecule has 2 rings (SSSR count). The molecule has 2 aliphatic carbocycles. The van der Waals surface area contributed by atoms with E-state index in [1.165, 1.54) is 0 Å². The van der Waals surface area contributed by atoms with Crippen LogP contribution in [0.25, 0.3) is 0 Å². The molecular weight excluding hydrogens is 304 g/mol. The van der Waals surface area contributed by atoms with E-state index < -0.39 is 23.4 Å². The second-order valence-electron chi connectivity index (χ2n) is 8.58. The zero-order chi connectivity index (χ0) is 18.3. The van der Waals surface area contributed by atoms with Gasteiger partial charge in [0.1, 0.15) is 12.2 Å². The van der Waals surface area contributed by atoms with Crippen LogP contribution in [0.15, 0.2) is 23.3 Å². The van der Waals surface area contributed by atoms with Gasteiger partial charge in [0.25, 0.3) is 0 Å². The van der Waals surface area contributed by atoms with Gasteiger partial charge in [-0.3, -0.25) is 0 Å². The maximum absolute atomic E-state index is 11.0. The lowest BCUT2D eigenvalue weighted by molar-refractivity contribution is -0.0457. The Labute approximate surface area is 145 Å². The minimum atomic E-state index is -0.985. The highest BCUT2D eigenvalue weighted by Crippen LogP contribution is 2.48. The Hall–Kier alpha value is -0.680. The highest BCUT2D eigenvalue weighted by molar-refractivity contribution is 5.24. The van der Waals surface area contributed by atoms with E-state index in [2.05, 4.69) is 0 Å². The van der Waals surface area contributed by atoms with Crippen molar-refractivity contribution in [3.05, 3.63) is 23.3 Å². The fraction of sp³-hybridized carbons (Fsp3) is 0.800. The molecule has 1 saturated carbocycles. The highest BCUT2D eigenvalue weighted by Gasteiger charge is 2.50. The topological polar surface area (TPSA) is 80.9 Å². The first kappa shape index (κ1) is 19.6. The Kier molecular flexibility index (Phi) is 5.65. The average molecular weight is 338 g/mol. The summed E-state index contributed by atoms with van der Waals surface area (Å²) in [5.41, 5.74) is -0.328. The molecule has 0 aliphatic heterocycles. The summed E-state index contributed by atoms with van der Waals surface area (Å²) in [6, 6.07) is 0. The van der Waals surface area contributed by atoms with Gasteiger partial charge in [0.05, 0.1) is 11.2 Å². The van der Waals surface area contributed by atoms with E-state index in [1.807, 2.05) is 46.8 Å². The molecule has 2 aliphatic rings. The van der Waals surface area contributed by atoms with Crippen LogP contribution in [0, 0.1) is 17.8 Å². The van der Waals surface area contributed by atoms with Gasteiger partial charge in [-0.25, -0.2) is 0 Å². The van der Waals surface area contributed by atoms with Crippen molar-refractivity contribution in [2.45, 2.75) is 83.7 Å². The third-order valence-corrected chi connectivity index (χ3v) is 6.17. The predicted octanol–water partition coefficient (Wildman–Crippen LogP) is 2.56. The maximum Gasteiger partial charge on any atom is 0.105 e. The molecule has 0 aromatic carbocycles. The molecule has 0 bridgehead atoms. The fourth-order valence-corrected chi connectivity index (χ4v) is 4.39. The summed E-state index contributed by atoms with van der Waals surface area (Å²) in [4.78, 5) is 0. The van der Waals surface area contributed by atoms with Gasteiger partial charge in [-0.05, 0) is 69.4 Å². The molecular formula is C20H34O4. The molecule has 138 valence electrons. The quantitative estimate of drug-likeness (QED) is 0.554. The van der Waals surface area contributed by atoms with Crippen LogP contribution in [0.4, 0.5) is 0 Å². The van der Waals surface area contributed by atoms with Crippen molar-refractivity contribution in [3.8, 4) is 0 Å². The van der Waals surface area contributed by atoms with E-state index in [0.29, 0.717) is 19.3 Å². The summed E-state index contributed by atoms with van der Waals surface area (Å²) < 4.78 is 0. The number of hydrogen-bond donors (Lipinski definition) is 4. The van der Waals surface area contributed by atoms with Crippen molar-refractivity contribution < 1.29 is 20.4 Å². The molecule has 0 amide bonds. The Morgan fingerprint density at radius 2 is 1.67 bits per heavy atom. The van der Waals surface area contributed by atoms with E-state index in [4.69, 9.17) is 0 Å². The van der Waals surface area contributed by atoms with Crippen molar-refractivity contribution in [1.82, 2.24) is 0 Å². The second kappa shape index (κ2) is 6.91. The van der Waals surface area contributed by atoms with Gasteiger partial charge in [-0.15, -0.1) is 0 Å². The standard InChI is InChI=1S/C20H34O4/c1-12(2)14-11-16-15(8-10-20(16,5)24)19(4,23)9-6-7-13(3)17(21)18(14)22/h7,11-12,15-18,21-24H,6,8-10H2,1-5H3/b13-7+,14-11-/t15-,16+,17-,18-,19-,20+/m1/s1. The molecule has 0 heterocycles. The van der Waals surface area contributed by atoms with Crippen molar-refractivity contribution in [1.29, 1.82) is 0 Å². The molecule has 4 nitrogen and oxygen atoms in total. The number of allylic oxidation sites excluding steroid dienone is 1. The van der Waals surface area contributed by atoms with Gasteiger partial charge >= 0.3 is 0 Å². The Balaban J connectivity index is 2.55. The van der Waals surface area contributed by atoms with Crippen LogP contribution in [-0.4, -0.2) is 43.8 Å². The Bertz CT molecular complexity index is 516. The van der Waals surface area contributed by atoms with Crippen molar-refractivity contribution in [3.63, 3.8) is 0 Å². The maximum atomic E-state index is 11.0. The highest BCUT2D eigenvalue weighted by atomic mass is 16.3. The lowest BCUT2D eigenvalue weighted by atomic mass is 9.74. The number of aliphatic hydroxyl groups is 4. The summed E-state index contributed by atoms with van der Waals surface area (Å²) in [6.45, 7) is 9.45. The first-order valence-electron chi connectivity index (χ1n) is 9.16. The number of fused-ring (bicyclic) bond motifs is 1. The monoisotopic (exact) mass is 338 g/mol. The van der Waals surface area contributed by atoms with Gasteiger partial charge in [0.2, 0.25) is 0 Å². The van der Waals surface area contributed by atoms with E-state index in [0.717, 1.165) is 17.6 Å². The first-order valence-corrected chi connectivity index (χ1v) is 9.16. The van der Waals surface area contributed by atoms with Crippen LogP contribution in [0.3, 0.4) is 0 Å². The van der Waals surface area contributed by atoms with E-state index in [9.17, 15) is 20.4 Å². The fourth-order valence-electron chi connectivity index (χ4n) is 4.39. The van der Waals surface area contributed by atoms with Crippen molar-refractivity contribution >= 4 is 0 Å². The average Bonchev–Trinajstić information content (AvgIpc) is 2.77. The third-order valence-electron chi connectivity index (χ3n) is 6.17.